The van der Waals surface area contributed by atoms with Crippen LogP contribution in [0, 0.1) is 0 Å². The van der Waals surface area contributed by atoms with Gasteiger partial charge in [0.15, 0.2) is 0 Å². The van der Waals surface area contributed by atoms with Crippen LogP contribution in [0.4, 0.5) is 0 Å². The highest BCUT2D eigenvalue weighted by Gasteiger charge is 2.14. The second-order valence-electron chi connectivity index (χ2n) is 6.30. The average Bonchev–Trinajstić information content (AvgIpc) is 2.68. The van der Waals surface area contributed by atoms with E-state index in [1.54, 1.807) is 37.7 Å². The van der Waals surface area contributed by atoms with Gasteiger partial charge in [-0.2, -0.15) is 0 Å². The molecule has 2 rings (SSSR count). The van der Waals surface area contributed by atoms with Gasteiger partial charge in [0, 0.05) is 16.0 Å². The van der Waals surface area contributed by atoms with Crippen molar-refractivity contribution in [3.05, 3.63) is 60.7 Å². The molecule has 0 heterocycles. The summed E-state index contributed by atoms with van der Waals surface area (Å²) in [6, 6.07) is 11.2. The fourth-order valence-corrected chi connectivity index (χ4v) is 3.79. The van der Waals surface area contributed by atoms with E-state index in [1.165, 1.54) is 11.8 Å². The Morgan fingerprint density at radius 2 is 1.59 bits per heavy atom. The lowest BCUT2D eigenvalue weighted by Gasteiger charge is -2.14. The predicted molar refractivity (Wildman–Crippen MR) is 121 cm³/mol. The van der Waals surface area contributed by atoms with Crippen molar-refractivity contribution >= 4 is 35.5 Å². The van der Waals surface area contributed by atoms with Crippen LogP contribution in [0.15, 0.2) is 70.5 Å². The van der Waals surface area contributed by atoms with Gasteiger partial charge in [-0.05, 0) is 67.3 Å². The highest BCUT2D eigenvalue weighted by Crippen LogP contribution is 2.38. The molecule has 6 heteroatoms. The minimum atomic E-state index is -0.446. The maximum Gasteiger partial charge on any atom is 0.338 e. The molecule has 0 atom stereocenters. The quantitative estimate of drug-likeness (QED) is 0.217. The van der Waals surface area contributed by atoms with Crippen LogP contribution in [0.25, 0.3) is 11.1 Å². The zero-order chi connectivity index (χ0) is 21.6. The molecule has 0 aliphatic carbocycles. The molecule has 0 aromatic heterocycles. The van der Waals surface area contributed by atoms with Crippen molar-refractivity contribution < 1.29 is 19.1 Å². The Balaban J connectivity index is 2.41. The van der Waals surface area contributed by atoms with Crippen LogP contribution in [-0.4, -0.2) is 23.9 Å². The van der Waals surface area contributed by atoms with Crippen LogP contribution < -0.4 is 9.47 Å². The summed E-state index contributed by atoms with van der Waals surface area (Å²) in [5.41, 5.74) is 2.70. The van der Waals surface area contributed by atoms with Crippen molar-refractivity contribution in [1.82, 2.24) is 0 Å². The van der Waals surface area contributed by atoms with E-state index in [1.807, 2.05) is 30.5 Å². The number of carbonyl (C=O) groups excluding carboxylic acids is 2. The third-order valence-electron chi connectivity index (χ3n) is 3.84. The van der Waals surface area contributed by atoms with Crippen LogP contribution in [0.1, 0.15) is 20.8 Å². The van der Waals surface area contributed by atoms with Crippen LogP contribution >= 0.6 is 23.5 Å². The summed E-state index contributed by atoms with van der Waals surface area (Å²) in [5, 5.41) is 0. The maximum atomic E-state index is 11.9. The molecule has 152 valence electrons. The first-order chi connectivity index (χ1) is 13.8. The van der Waals surface area contributed by atoms with Gasteiger partial charge in [0.1, 0.15) is 11.5 Å². The largest absolute Gasteiger partial charge is 0.423 e. The Morgan fingerprint density at radius 1 is 0.931 bits per heavy atom. The molecule has 0 fully saturated rings. The Bertz CT molecular complexity index is 963. The van der Waals surface area contributed by atoms with E-state index in [9.17, 15) is 9.59 Å². The lowest BCUT2D eigenvalue weighted by Crippen LogP contribution is -2.09. The van der Waals surface area contributed by atoms with Gasteiger partial charge in [0.2, 0.25) is 0 Å². The molecule has 0 radical (unpaired) electrons. The molecule has 0 spiro atoms. The second-order valence-corrected chi connectivity index (χ2v) is 8.45. The van der Waals surface area contributed by atoms with Crippen LogP contribution in [0.2, 0.25) is 0 Å². The first-order valence-corrected chi connectivity index (χ1v) is 11.2. The predicted octanol–water partition coefficient (Wildman–Crippen LogP) is 6.15. The third kappa shape index (κ3) is 6.02. The van der Waals surface area contributed by atoms with Crippen molar-refractivity contribution in [2.24, 2.45) is 0 Å². The van der Waals surface area contributed by atoms with Gasteiger partial charge in [-0.25, -0.2) is 9.59 Å². The summed E-state index contributed by atoms with van der Waals surface area (Å²) >= 11 is 3.16. The number of esters is 2. The fourth-order valence-electron chi connectivity index (χ4n) is 2.38. The summed E-state index contributed by atoms with van der Waals surface area (Å²) in [5.74, 6) is 0.965. The van der Waals surface area contributed by atoms with Gasteiger partial charge in [-0.3, -0.25) is 0 Å². The number of thioether (sulfide) groups is 2. The Kier molecular flexibility index (Phi) is 8.17. The molecule has 29 heavy (non-hydrogen) atoms. The number of benzene rings is 2. The molecule has 0 aliphatic rings. The molecule has 0 aliphatic heterocycles. The average molecular weight is 429 g/mol. The molecule has 2 aromatic carbocycles. The first-order valence-electron chi connectivity index (χ1n) is 8.97. The summed E-state index contributed by atoms with van der Waals surface area (Å²) in [6.45, 7) is 12.5. The summed E-state index contributed by atoms with van der Waals surface area (Å²) in [7, 11) is 0. The van der Waals surface area contributed by atoms with Crippen molar-refractivity contribution in [2.75, 3.05) is 12.0 Å². The number of hydrogen-bond acceptors (Lipinski definition) is 6. The molecule has 0 unspecified atom stereocenters. The first kappa shape index (κ1) is 22.8. The van der Waals surface area contributed by atoms with E-state index in [-0.39, 0.29) is 0 Å². The highest BCUT2D eigenvalue weighted by molar-refractivity contribution is 7.99. The molecule has 4 nitrogen and oxygen atoms in total. The van der Waals surface area contributed by atoms with Gasteiger partial charge in [0.05, 0.1) is 4.90 Å². The molecule has 2 aromatic rings. The fraction of sp³-hybridized carbons (Fsp3) is 0.217. The Labute approximate surface area is 180 Å². The highest BCUT2D eigenvalue weighted by atomic mass is 32.2. The monoisotopic (exact) mass is 428 g/mol. The molecular formula is C23H24O4S2. The maximum absolute atomic E-state index is 11.9. The van der Waals surface area contributed by atoms with Gasteiger partial charge in [0.25, 0.3) is 0 Å². The standard InChI is InChI=1S/C23H24O4S2/c1-7-29-20-13-17(26-22(24)14(2)3)9-10-18(20)16-8-11-19(21(12-16)28-6)27-23(25)15(4)5/h8-13H,2,4,7H2,1,3,5-6H3. The lowest BCUT2D eigenvalue weighted by atomic mass is 10.1. The zero-order valence-corrected chi connectivity index (χ0v) is 18.7. The minimum Gasteiger partial charge on any atom is -0.423 e. The molecule has 0 N–H and O–H groups in total. The van der Waals surface area contributed by atoms with Gasteiger partial charge in [-0.15, -0.1) is 23.5 Å². The van der Waals surface area contributed by atoms with E-state index in [0.29, 0.717) is 22.6 Å². The van der Waals surface area contributed by atoms with Crippen molar-refractivity contribution in [3.8, 4) is 22.6 Å². The zero-order valence-electron chi connectivity index (χ0n) is 17.0. The normalized spacial score (nSPS) is 10.3. The van der Waals surface area contributed by atoms with Crippen LogP contribution in [-0.2, 0) is 9.59 Å². The Morgan fingerprint density at radius 3 is 2.17 bits per heavy atom. The topological polar surface area (TPSA) is 52.6 Å². The number of carbonyl (C=O) groups is 2. The van der Waals surface area contributed by atoms with Crippen molar-refractivity contribution in [1.29, 1.82) is 0 Å². The van der Waals surface area contributed by atoms with E-state index < -0.39 is 11.9 Å². The van der Waals surface area contributed by atoms with Crippen molar-refractivity contribution in [3.63, 3.8) is 0 Å². The minimum absolute atomic E-state index is 0.350. The SMILES string of the molecule is C=C(C)C(=O)Oc1ccc(-c2ccc(OC(=O)C(=C)C)c(SC)c2)c(SCC)c1. The van der Waals surface area contributed by atoms with E-state index in [4.69, 9.17) is 9.47 Å². The van der Waals surface area contributed by atoms with Gasteiger partial charge >= 0.3 is 11.9 Å². The third-order valence-corrected chi connectivity index (χ3v) is 5.53. The molecule has 0 bridgehead atoms. The molecule has 0 saturated heterocycles. The van der Waals surface area contributed by atoms with E-state index in [2.05, 4.69) is 20.1 Å². The molecular weight excluding hydrogens is 404 g/mol. The van der Waals surface area contributed by atoms with Crippen LogP contribution in [0.5, 0.6) is 11.5 Å². The second kappa shape index (κ2) is 10.4. The van der Waals surface area contributed by atoms with Gasteiger partial charge < -0.3 is 9.47 Å². The summed E-state index contributed by atoms with van der Waals surface area (Å²) in [4.78, 5) is 25.5. The Hall–Kier alpha value is -2.44. The smallest absolute Gasteiger partial charge is 0.338 e. The number of ether oxygens (including phenoxy) is 2. The van der Waals surface area contributed by atoms with Gasteiger partial charge in [-0.1, -0.05) is 26.1 Å². The van der Waals surface area contributed by atoms with Crippen molar-refractivity contribution in [2.45, 2.75) is 30.6 Å². The van der Waals surface area contributed by atoms with E-state index in [0.717, 1.165) is 26.7 Å². The number of rotatable bonds is 8. The summed E-state index contributed by atoms with van der Waals surface area (Å²) < 4.78 is 10.8. The molecule has 0 amide bonds. The van der Waals surface area contributed by atoms with Crippen LogP contribution in [0.3, 0.4) is 0 Å². The summed E-state index contributed by atoms with van der Waals surface area (Å²) in [6.07, 6.45) is 1.93. The van der Waals surface area contributed by atoms with E-state index >= 15 is 0 Å². The lowest BCUT2D eigenvalue weighted by molar-refractivity contribution is -0.131. The molecule has 0 saturated carbocycles. The number of hydrogen-bond donors (Lipinski definition) is 0.